The molecule has 0 aliphatic heterocycles. The fourth-order valence-corrected chi connectivity index (χ4v) is 1.50. The van der Waals surface area contributed by atoms with Gasteiger partial charge < -0.3 is 9.47 Å². The van der Waals surface area contributed by atoms with Gasteiger partial charge in [-0.3, -0.25) is 14.5 Å². The number of carbonyl (C=O) groups is 2. The highest BCUT2D eigenvalue weighted by Gasteiger charge is 2.15. The molecule has 0 N–H and O–H groups in total. The second-order valence-corrected chi connectivity index (χ2v) is 3.78. The van der Waals surface area contributed by atoms with Crippen LogP contribution in [0.5, 0.6) is 0 Å². The Morgan fingerprint density at radius 3 is 1.94 bits per heavy atom. The number of benzene rings is 1. The van der Waals surface area contributed by atoms with Crippen molar-refractivity contribution in [2.24, 2.45) is 0 Å². The van der Waals surface area contributed by atoms with E-state index < -0.39 is 0 Å². The molecular weight excluding hydrogens is 234 g/mol. The van der Waals surface area contributed by atoms with Crippen molar-refractivity contribution in [1.82, 2.24) is 4.90 Å². The van der Waals surface area contributed by atoms with Gasteiger partial charge in [-0.1, -0.05) is 30.3 Å². The lowest BCUT2D eigenvalue weighted by molar-refractivity contribution is -0.145. The fraction of sp³-hybridized carbons (Fsp3) is 0.385. The molecule has 0 fully saturated rings. The van der Waals surface area contributed by atoms with Crippen LogP contribution in [0.3, 0.4) is 0 Å². The van der Waals surface area contributed by atoms with Crippen molar-refractivity contribution in [3.05, 3.63) is 35.9 Å². The van der Waals surface area contributed by atoms with Gasteiger partial charge in [-0.15, -0.1) is 0 Å². The molecule has 0 bridgehead atoms. The van der Waals surface area contributed by atoms with Crippen LogP contribution in [0.15, 0.2) is 30.3 Å². The van der Waals surface area contributed by atoms with Gasteiger partial charge in [0.1, 0.15) is 0 Å². The van der Waals surface area contributed by atoms with Crippen molar-refractivity contribution >= 4 is 11.9 Å². The zero-order valence-corrected chi connectivity index (χ0v) is 10.6. The zero-order valence-electron chi connectivity index (χ0n) is 10.6. The van der Waals surface area contributed by atoms with Crippen molar-refractivity contribution in [2.45, 2.75) is 6.54 Å². The molecule has 0 atom stereocenters. The molecule has 98 valence electrons. The van der Waals surface area contributed by atoms with Crippen molar-refractivity contribution in [1.29, 1.82) is 0 Å². The van der Waals surface area contributed by atoms with Crippen LogP contribution in [0.25, 0.3) is 0 Å². The molecule has 0 aliphatic rings. The Kier molecular flexibility index (Phi) is 5.87. The summed E-state index contributed by atoms with van der Waals surface area (Å²) in [5.74, 6) is -0.760. The molecule has 1 rings (SSSR count). The van der Waals surface area contributed by atoms with E-state index in [2.05, 4.69) is 9.47 Å². The topological polar surface area (TPSA) is 55.8 Å². The maximum Gasteiger partial charge on any atom is 0.319 e. The Balaban J connectivity index is 2.64. The summed E-state index contributed by atoms with van der Waals surface area (Å²) in [7, 11) is 2.64. The third-order valence-corrected chi connectivity index (χ3v) is 2.41. The Hall–Kier alpha value is -1.88. The van der Waals surface area contributed by atoms with Crippen molar-refractivity contribution < 1.29 is 19.1 Å². The van der Waals surface area contributed by atoms with Crippen LogP contribution in [0.2, 0.25) is 0 Å². The van der Waals surface area contributed by atoms with Crippen LogP contribution >= 0.6 is 0 Å². The number of esters is 2. The number of nitrogens with zero attached hydrogens (tertiary/aromatic N) is 1. The normalized spacial score (nSPS) is 10.2. The average molecular weight is 251 g/mol. The lowest BCUT2D eigenvalue weighted by Gasteiger charge is -2.19. The average Bonchev–Trinajstić information content (AvgIpc) is 2.39. The number of hydrogen-bond donors (Lipinski definition) is 0. The second kappa shape index (κ2) is 7.45. The van der Waals surface area contributed by atoms with Gasteiger partial charge in [0.05, 0.1) is 27.3 Å². The highest BCUT2D eigenvalue weighted by Crippen LogP contribution is 2.04. The van der Waals surface area contributed by atoms with Crippen molar-refractivity contribution in [2.75, 3.05) is 27.3 Å². The predicted octanol–water partition coefficient (Wildman–Crippen LogP) is 0.835. The van der Waals surface area contributed by atoms with Gasteiger partial charge >= 0.3 is 11.9 Å². The molecule has 0 saturated carbocycles. The third-order valence-electron chi connectivity index (χ3n) is 2.41. The lowest BCUT2D eigenvalue weighted by atomic mass is 10.2. The lowest BCUT2D eigenvalue weighted by Crippen LogP contribution is -2.35. The van der Waals surface area contributed by atoms with Crippen LogP contribution < -0.4 is 0 Å². The largest absolute Gasteiger partial charge is 0.468 e. The van der Waals surface area contributed by atoms with Gasteiger partial charge in [-0.2, -0.15) is 0 Å². The smallest absolute Gasteiger partial charge is 0.319 e. The van der Waals surface area contributed by atoms with Gasteiger partial charge in [0.25, 0.3) is 0 Å². The summed E-state index contributed by atoms with van der Waals surface area (Å²) in [5, 5.41) is 0. The first-order chi connectivity index (χ1) is 8.65. The van der Waals surface area contributed by atoms with E-state index in [4.69, 9.17) is 0 Å². The van der Waals surface area contributed by atoms with E-state index in [9.17, 15) is 9.59 Å². The van der Waals surface area contributed by atoms with E-state index in [1.54, 1.807) is 4.90 Å². The van der Waals surface area contributed by atoms with Gasteiger partial charge in [0.15, 0.2) is 0 Å². The number of rotatable bonds is 6. The highest BCUT2D eigenvalue weighted by molar-refractivity contribution is 5.74. The van der Waals surface area contributed by atoms with Crippen LogP contribution in [0, 0.1) is 0 Å². The molecule has 0 spiro atoms. The van der Waals surface area contributed by atoms with E-state index in [-0.39, 0.29) is 25.0 Å². The maximum atomic E-state index is 11.3. The monoisotopic (exact) mass is 251 g/mol. The molecule has 1 aromatic carbocycles. The van der Waals surface area contributed by atoms with Crippen LogP contribution in [-0.4, -0.2) is 44.1 Å². The Labute approximate surface area is 106 Å². The van der Waals surface area contributed by atoms with Crippen molar-refractivity contribution in [3.8, 4) is 0 Å². The fourth-order valence-electron chi connectivity index (χ4n) is 1.50. The molecular formula is C13H17NO4. The van der Waals surface area contributed by atoms with E-state index in [1.165, 1.54) is 14.2 Å². The first kappa shape index (κ1) is 14.2. The highest BCUT2D eigenvalue weighted by atomic mass is 16.5. The summed E-state index contributed by atoms with van der Waals surface area (Å²) in [6.45, 7) is 0.603. The van der Waals surface area contributed by atoms with Gasteiger partial charge in [0, 0.05) is 6.54 Å². The minimum atomic E-state index is -0.380. The maximum absolute atomic E-state index is 11.3. The van der Waals surface area contributed by atoms with Gasteiger partial charge in [0.2, 0.25) is 0 Å². The second-order valence-electron chi connectivity index (χ2n) is 3.78. The molecule has 0 unspecified atom stereocenters. The summed E-state index contributed by atoms with van der Waals surface area (Å²) in [4.78, 5) is 24.2. The van der Waals surface area contributed by atoms with Crippen LogP contribution in [0.1, 0.15) is 5.56 Å². The molecule has 5 nitrogen and oxygen atoms in total. The quantitative estimate of drug-likeness (QED) is 0.701. The Bertz CT molecular complexity index is 373. The predicted molar refractivity (Wildman–Crippen MR) is 65.8 cm³/mol. The SMILES string of the molecule is COC(=O)CN(CC(=O)OC)Cc1ccccc1. The molecule has 0 aromatic heterocycles. The number of methoxy groups -OCH3 is 2. The molecule has 5 heteroatoms. The van der Waals surface area contributed by atoms with E-state index in [0.29, 0.717) is 6.54 Å². The molecule has 0 amide bonds. The van der Waals surface area contributed by atoms with E-state index >= 15 is 0 Å². The zero-order chi connectivity index (χ0) is 13.4. The minimum absolute atomic E-state index is 0.0560. The molecule has 0 heterocycles. The standard InChI is InChI=1S/C13H17NO4/c1-17-12(15)9-14(10-13(16)18-2)8-11-6-4-3-5-7-11/h3-7H,8-10H2,1-2H3. The Morgan fingerprint density at radius 1 is 1.00 bits per heavy atom. The number of carbonyl (C=O) groups excluding carboxylic acids is 2. The number of ether oxygens (including phenoxy) is 2. The molecule has 0 radical (unpaired) electrons. The summed E-state index contributed by atoms with van der Waals surface area (Å²) in [6.07, 6.45) is 0. The number of hydrogen-bond acceptors (Lipinski definition) is 5. The first-order valence-electron chi connectivity index (χ1n) is 5.55. The van der Waals surface area contributed by atoms with Gasteiger partial charge in [-0.05, 0) is 5.56 Å². The molecule has 18 heavy (non-hydrogen) atoms. The first-order valence-corrected chi connectivity index (χ1v) is 5.55. The summed E-state index contributed by atoms with van der Waals surface area (Å²) in [6, 6.07) is 9.59. The summed E-state index contributed by atoms with van der Waals surface area (Å²) < 4.78 is 9.20. The third kappa shape index (κ3) is 4.97. The van der Waals surface area contributed by atoms with Crippen LogP contribution in [0.4, 0.5) is 0 Å². The summed E-state index contributed by atoms with van der Waals surface area (Å²) >= 11 is 0. The van der Waals surface area contributed by atoms with Gasteiger partial charge in [-0.25, -0.2) is 0 Å². The van der Waals surface area contributed by atoms with E-state index in [0.717, 1.165) is 5.56 Å². The van der Waals surface area contributed by atoms with Crippen molar-refractivity contribution in [3.63, 3.8) is 0 Å². The molecule has 0 aliphatic carbocycles. The molecule has 0 saturated heterocycles. The van der Waals surface area contributed by atoms with Crippen LogP contribution in [-0.2, 0) is 25.6 Å². The summed E-state index contributed by atoms with van der Waals surface area (Å²) in [5.41, 5.74) is 1.02. The minimum Gasteiger partial charge on any atom is -0.468 e. The molecule has 1 aromatic rings. The Morgan fingerprint density at radius 2 is 1.50 bits per heavy atom. The van der Waals surface area contributed by atoms with E-state index in [1.807, 2.05) is 30.3 Å².